The van der Waals surface area contributed by atoms with Gasteiger partial charge in [0.1, 0.15) is 5.82 Å². The molecule has 0 saturated carbocycles. The van der Waals surface area contributed by atoms with Gasteiger partial charge in [-0.05, 0) is 43.2 Å². The van der Waals surface area contributed by atoms with Crippen molar-refractivity contribution in [2.45, 2.75) is 46.6 Å². The molecule has 1 aromatic rings. The second kappa shape index (κ2) is 5.27. The molecular formula is C15H24N2O. The van der Waals surface area contributed by atoms with Gasteiger partial charge in [0.15, 0.2) is 0 Å². The van der Waals surface area contributed by atoms with Gasteiger partial charge < -0.3 is 10.0 Å². The molecule has 1 aliphatic heterocycles. The van der Waals surface area contributed by atoms with Gasteiger partial charge >= 0.3 is 0 Å². The highest BCUT2D eigenvalue weighted by atomic mass is 16.3. The highest BCUT2D eigenvalue weighted by molar-refractivity contribution is 5.41. The largest absolute Gasteiger partial charge is 0.392 e. The number of aliphatic hydroxyl groups excluding tert-OH is 1. The fourth-order valence-corrected chi connectivity index (χ4v) is 2.57. The fourth-order valence-electron chi connectivity index (χ4n) is 2.57. The lowest BCUT2D eigenvalue weighted by Gasteiger charge is -2.24. The minimum Gasteiger partial charge on any atom is -0.392 e. The monoisotopic (exact) mass is 248 g/mol. The lowest BCUT2D eigenvalue weighted by Crippen LogP contribution is -2.26. The Morgan fingerprint density at radius 2 is 2.06 bits per heavy atom. The molecule has 1 aliphatic rings. The van der Waals surface area contributed by atoms with Crippen molar-refractivity contribution in [3.8, 4) is 0 Å². The molecule has 2 heterocycles. The predicted octanol–water partition coefficient (Wildman–Crippen LogP) is 2.90. The summed E-state index contributed by atoms with van der Waals surface area (Å²) in [5, 5.41) is 9.18. The summed E-state index contributed by atoms with van der Waals surface area (Å²) in [7, 11) is 0. The van der Waals surface area contributed by atoms with Crippen LogP contribution in [0.4, 0.5) is 5.82 Å². The van der Waals surface area contributed by atoms with Gasteiger partial charge in [0.05, 0.1) is 6.61 Å². The number of nitrogens with zero attached hydrogens (tertiary/aromatic N) is 2. The van der Waals surface area contributed by atoms with Gasteiger partial charge in [-0.1, -0.05) is 19.9 Å². The molecule has 1 N–H and O–H groups in total. The Balaban J connectivity index is 2.14. The van der Waals surface area contributed by atoms with E-state index in [1.165, 1.54) is 19.3 Å². The van der Waals surface area contributed by atoms with Crippen LogP contribution in [0, 0.1) is 12.3 Å². The van der Waals surface area contributed by atoms with Crippen molar-refractivity contribution in [2.75, 3.05) is 18.0 Å². The van der Waals surface area contributed by atoms with Crippen LogP contribution in [0.3, 0.4) is 0 Å². The quantitative estimate of drug-likeness (QED) is 0.874. The summed E-state index contributed by atoms with van der Waals surface area (Å²) in [5.74, 6) is 1.06. The van der Waals surface area contributed by atoms with E-state index >= 15 is 0 Å². The molecule has 2 rings (SSSR count). The van der Waals surface area contributed by atoms with Crippen LogP contribution < -0.4 is 4.90 Å². The van der Waals surface area contributed by atoms with Gasteiger partial charge in [0.25, 0.3) is 0 Å². The first-order valence-corrected chi connectivity index (χ1v) is 6.84. The summed E-state index contributed by atoms with van der Waals surface area (Å²) in [4.78, 5) is 7.00. The van der Waals surface area contributed by atoms with Crippen LogP contribution in [0.25, 0.3) is 0 Å². The third-order valence-corrected chi connectivity index (χ3v) is 4.01. The molecule has 0 bridgehead atoms. The zero-order chi connectivity index (χ0) is 13.2. The summed E-state index contributed by atoms with van der Waals surface area (Å²) in [6, 6.07) is 4.03. The van der Waals surface area contributed by atoms with Gasteiger partial charge in [0, 0.05) is 18.8 Å². The highest BCUT2D eigenvalue weighted by Gasteiger charge is 2.23. The van der Waals surface area contributed by atoms with E-state index in [1.807, 2.05) is 19.1 Å². The number of hydrogen-bond donors (Lipinski definition) is 1. The van der Waals surface area contributed by atoms with Crippen LogP contribution >= 0.6 is 0 Å². The van der Waals surface area contributed by atoms with Crippen molar-refractivity contribution in [1.82, 2.24) is 4.98 Å². The van der Waals surface area contributed by atoms with E-state index in [0.717, 1.165) is 30.2 Å². The van der Waals surface area contributed by atoms with E-state index < -0.39 is 0 Å². The first-order valence-electron chi connectivity index (χ1n) is 6.84. The summed E-state index contributed by atoms with van der Waals surface area (Å²) in [6.07, 6.45) is 3.74. The molecule has 0 atom stereocenters. The average molecular weight is 248 g/mol. The topological polar surface area (TPSA) is 36.4 Å². The van der Waals surface area contributed by atoms with E-state index in [9.17, 15) is 5.11 Å². The molecule has 1 fully saturated rings. The molecule has 0 spiro atoms. The normalized spacial score (nSPS) is 19.7. The summed E-state index contributed by atoms with van der Waals surface area (Å²) in [6.45, 7) is 8.92. The fraction of sp³-hybridized carbons (Fsp3) is 0.667. The third-order valence-electron chi connectivity index (χ3n) is 4.01. The Labute approximate surface area is 110 Å². The van der Waals surface area contributed by atoms with Crippen molar-refractivity contribution in [2.24, 2.45) is 5.41 Å². The van der Waals surface area contributed by atoms with E-state index in [0.29, 0.717) is 5.41 Å². The first-order chi connectivity index (χ1) is 8.52. The van der Waals surface area contributed by atoms with Gasteiger partial charge in [-0.15, -0.1) is 0 Å². The maximum atomic E-state index is 9.18. The van der Waals surface area contributed by atoms with E-state index in [-0.39, 0.29) is 6.61 Å². The van der Waals surface area contributed by atoms with E-state index in [1.54, 1.807) is 0 Å². The molecule has 100 valence electrons. The van der Waals surface area contributed by atoms with Crippen LogP contribution in [0.1, 0.15) is 44.4 Å². The maximum absolute atomic E-state index is 9.18. The Morgan fingerprint density at radius 1 is 1.28 bits per heavy atom. The average Bonchev–Trinajstić information content (AvgIpc) is 2.50. The minimum atomic E-state index is 0.0755. The van der Waals surface area contributed by atoms with E-state index in [2.05, 4.69) is 23.7 Å². The molecule has 3 heteroatoms. The van der Waals surface area contributed by atoms with Gasteiger partial charge in [0.2, 0.25) is 0 Å². The Morgan fingerprint density at radius 3 is 2.72 bits per heavy atom. The van der Waals surface area contributed by atoms with Crippen molar-refractivity contribution in [1.29, 1.82) is 0 Å². The van der Waals surface area contributed by atoms with Crippen LogP contribution in [0.2, 0.25) is 0 Å². The van der Waals surface area contributed by atoms with Gasteiger partial charge in [-0.3, -0.25) is 0 Å². The number of pyridine rings is 1. The maximum Gasteiger partial charge on any atom is 0.128 e. The highest BCUT2D eigenvalue weighted by Crippen LogP contribution is 2.31. The molecule has 0 unspecified atom stereocenters. The van der Waals surface area contributed by atoms with Crippen molar-refractivity contribution in [3.05, 3.63) is 23.4 Å². The smallest absolute Gasteiger partial charge is 0.128 e. The number of aliphatic hydroxyl groups is 1. The lowest BCUT2D eigenvalue weighted by molar-refractivity contribution is 0.280. The predicted molar refractivity (Wildman–Crippen MR) is 74.7 cm³/mol. The van der Waals surface area contributed by atoms with Gasteiger partial charge in [-0.25, -0.2) is 4.98 Å². The lowest BCUT2D eigenvalue weighted by atomic mass is 9.85. The summed E-state index contributed by atoms with van der Waals surface area (Å²) in [5.41, 5.74) is 2.32. The number of anilines is 1. The molecule has 18 heavy (non-hydrogen) atoms. The SMILES string of the molecule is Cc1nc(N2CCCC(C)(C)CC2)ccc1CO. The van der Waals surface area contributed by atoms with Crippen LogP contribution in [-0.2, 0) is 6.61 Å². The molecule has 0 radical (unpaired) electrons. The molecule has 3 nitrogen and oxygen atoms in total. The van der Waals surface area contributed by atoms with Crippen LogP contribution in [0.15, 0.2) is 12.1 Å². The molecule has 0 aromatic carbocycles. The van der Waals surface area contributed by atoms with Crippen molar-refractivity contribution >= 4 is 5.82 Å². The second-order valence-corrected chi connectivity index (χ2v) is 6.08. The van der Waals surface area contributed by atoms with Crippen LogP contribution in [-0.4, -0.2) is 23.2 Å². The minimum absolute atomic E-state index is 0.0755. The van der Waals surface area contributed by atoms with Crippen molar-refractivity contribution < 1.29 is 5.11 Å². The van der Waals surface area contributed by atoms with E-state index in [4.69, 9.17) is 0 Å². The molecule has 0 amide bonds. The number of aryl methyl sites for hydroxylation is 1. The Kier molecular flexibility index (Phi) is 3.91. The summed E-state index contributed by atoms with van der Waals surface area (Å²) >= 11 is 0. The Bertz CT molecular complexity index is 415. The number of aromatic nitrogens is 1. The standard InChI is InChI=1S/C15H24N2O/c1-12-13(11-18)5-6-14(16-12)17-9-4-7-15(2,3)8-10-17/h5-6,18H,4,7-11H2,1-3H3. The Hall–Kier alpha value is -1.09. The number of rotatable bonds is 2. The molecule has 1 aromatic heterocycles. The first kappa shape index (κ1) is 13.3. The van der Waals surface area contributed by atoms with Crippen LogP contribution in [0.5, 0.6) is 0 Å². The zero-order valence-electron chi connectivity index (χ0n) is 11.7. The second-order valence-electron chi connectivity index (χ2n) is 6.08. The zero-order valence-corrected chi connectivity index (χ0v) is 11.7. The molecular weight excluding hydrogens is 224 g/mol. The molecule has 1 saturated heterocycles. The molecule has 0 aliphatic carbocycles. The number of hydrogen-bond acceptors (Lipinski definition) is 3. The van der Waals surface area contributed by atoms with Gasteiger partial charge in [-0.2, -0.15) is 0 Å². The summed E-state index contributed by atoms with van der Waals surface area (Å²) < 4.78 is 0. The van der Waals surface area contributed by atoms with Crippen molar-refractivity contribution in [3.63, 3.8) is 0 Å². The third kappa shape index (κ3) is 3.02.